The Morgan fingerprint density at radius 3 is 2.55 bits per heavy atom. The zero-order valence-corrected chi connectivity index (χ0v) is 25.7. The number of hydrogen-bond donors (Lipinski definition) is 2. The SMILES string of the molecule is CCCC[C@H](NC(=O)[C@H](Cc1ccccc1)NC(=O)[C@H]1CCCc2ccccc21)B1OC2C[C@@H]3C[C@@H](C3(C)C)[C@]2(C)O1. The number of carbonyl (C=O) groups is 2. The van der Waals surface area contributed by atoms with Crippen LogP contribution in [0.5, 0.6) is 0 Å². The van der Waals surface area contributed by atoms with Crippen molar-refractivity contribution in [3.63, 3.8) is 0 Å². The van der Waals surface area contributed by atoms with Crippen molar-refractivity contribution < 1.29 is 18.9 Å². The van der Waals surface area contributed by atoms with E-state index in [1.54, 1.807) is 0 Å². The summed E-state index contributed by atoms with van der Waals surface area (Å²) in [5.41, 5.74) is 3.27. The van der Waals surface area contributed by atoms with E-state index >= 15 is 0 Å². The van der Waals surface area contributed by atoms with E-state index in [9.17, 15) is 9.59 Å². The highest BCUT2D eigenvalue weighted by Gasteiger charge is 2.68. The Balaban J connectivity index is 1.20. The molecule has 4 aliphatic carbocycles. The lowest BCUT2D eigenvalue weighted by Crippen LogP contribution is -2.65. The highest BCUT2D eigenvalue weighted by atomic mass is 16.7. The average molecular weight is 571 g/mol. The maximum absolute atomic E-state index is 14.1. The van der Waals surface area contributed by atoms with Crippen LogP contribution in [0.15, 0.2) is 54.6 Å². The topological polar surface area (TPSA) is 76.7 Å². The molecule has 0 radical (unpaired) electrons. The van der Waals surface area contributed by atoms with Gasteiger partial charge in [-0.15, -0.1) is 0 Å². The van der Waals surface area contributed by atoms with Gasteiger partial charge < -0.3 is 19.9 Å². The highest BCUT2D eigenvalue weighted by Crippen LogP contribution is 2.65. The van der Waals surface area contributed by atoms with E-state index in [2.05, 4.69) is 50.5 Å². The summed E-state index contributed by atoms with van der Waals surface area (Å²) in [5, 5.41) is 6.49. The standard InChI is InChI=1S/C35H47BN2O4/c1-5-6-19-31(36-41-30-22-25-21-29(34(25,2)3)35(30,4)42-36)38-33(40)28(20-23-13-8-7-9-14-23)37-32(39)27-18-12-16-24-15-10-11-17-26(24)27/h7-11,13-15,17,25,27-31H,5-6,12,16,18-22H2,1-4H3,(H,37,39)(H,38,40)/t25-,27-,28-,29-,30?,31-,35-/m0/s1. The van der Waals surface area contributed by atoms with Crippen molar-refractivity contribution in [2.45, 2.75) is 115 Å². The maximum atomic E-state index is 14.1. The Morgan fingerprint density at radius 1 is 1.02 bits per heavy atom. The Morgan fingerprint density at radius 2 is 1.79 bits per heavy atom. The number of amides is 2. The minimum absolute atomic E-state index is 0.0616. The van der Waals surface area contributed by atoms with E-state index in [4.69, 9.17) is 9.31 Å². The molecule has 1 heterocycles. The molecule has 0 spiro atoms. The van der Waals surface area contributed by atoms with Gasteiger partial charge in [0, 0.05) is 6.42 Å². The van der Waals surface area contributed by atoms with Gasteiger partial charge in [0.15, 0.2) is 0 Å². The Hall–Kier alpha value is -2.64. The Kier molecular flexibility index (Phi) is 8.27. The summed E-state index contributed by atoms with van der Waals surface area (Å²) in [6.07, 6.45) is 8.21. The first-order valence-electron chi connectivity index (χ1n) is 16.3. The molecular weight excluding hydrogens is 523 g/mol. The van der Waals surface area contributed by atoms with Crippen molar-refractivity contribution in [2.24, 2.45) is 17.3 Å². The fourth-order valence-corrected chi connectivity index (χ4v) is 8.41. The van der Waals surface area contributed by atoms with Crippen molar-refractivity contribution in [1.29, 1.82) is 0 Å². The van der Waals surface area contributed by atoms with Crippen LogP contribution in [0.25, 0.3) is 0 Å². The van der Waals surface area contributed by atoms with Crippen LogP contribution in [0, 0.1) is 17.3 Å². The normalized spacial score (nSPS) is 30.3. The first-order chi connectivity index (χ1) is 20.2. The number of aryl methyl sites for hydroxylation is 1. The molecule has 2 aromatic rings. The van der Waals surface area contributed by atoms with E-state index in [1.807, 2.05) is 42.5 Å². The van der Waals surface area contributed by atoms with Gasteiger partial charge in [-0.3, -0.25) is 9.59 Å². The number of benzene rings is 2. The number of carbonyl (C=O) groups excluding carboxylic acids is 2. The van der Waals surface area contributed by atoms with Crippen LogP contribution in [0.2, 0.25) is 0 Å². The van der Waals surface area contributed by atoms with Crippen molar-refractivity contribution in [1.82, 2.24) is 10.6 Å². The molecule has 42 heavy (non-hydrogen) atoms. The van der Waals surface area contributed by atoms with Gasteiger partial charge in [-0.1, -0.05) is 88.2 Å². The second-order valence-electron chi connectivity index (χ2n) is 14.0. The molecule has 1 saturated heterocycles. The summed E-state index contributed by atoms with van der Waals surface area (Å²) in [5.74, 6) is 0.375. The predicted molar refractivity (Wildman–Crippen MR) is 166 cm³/mol. The molecule has 2 N–H and O–H groups in total. The van der Waals surface area contributed by atoms with Gasteiger partial charge in [0.05, 0.1) is 23.6 Å². The van der Waals surface area contributed by atoms with Gasteiger partial charge >= 0.3 is 7.12 Å². The van der Waals surface area contributed by atoms with Gasteiger partial charge in [0.2, 0.25) is 11.8 Å². The fourth-order valence-electron chi connectivity index (χ4n) is 8.41. The van der Waals surface area contributed by atoms with E-state index < -0.39 is 13.2 Å². The first-order valence-corrected chi connectivity index (χ1v) is 16.3. The molecule has 1 aliphatic heterocycles. The van der Waals surface area contributed by atoms with Gasteiger partial charge in [-0.25, -0.2) is 0 Å². The minimum Gasteiger partial charge on any atom is -0.404 e. The number of hydrogen-bond acceptors (Lipinski definition) is 4. The number of unbranched alkanes of at least 4 members (excludes halogenated alkanes) is 1. The summed E-state index contributed by atoms with van der Waals surface area (Å²) in [6, 6.07) is 17.5. The summed E-state index contributed by atoms with van der Waals surface area (Å²) in [7, 11) is -0.482. The molecule has 5 aliphatic rings. The predicted octanol–water partition coefficient (Wildman–Crippen LogP) is 5.78. The minimum atomic E-state index is -0.691. The number of fused-ring (bicyclic) bond motifs is 1. The third-order valence-corrected chi connectivity index (χ3v) is 11.1. The molecule has 6 nitrogen and oxygen atoms in total. The molecule has 3 saturated carbocycles. The Labute approximate surface area is 251 Å². The summed E-state index contributed by atoms with van der Waals surface area (Å²) in [4.78, 5) is 27.8. The molecule has 7 heteroatoms. The largest absolute Gasteiger partial charge is 0.481 e. The molecule has 1 unspecified atom stereocenters. The van der Waals surface area contributed by atoms with E-state index in [-0.39, 0.29) is 40.8 Å². The molecule has 224 valence electrons. The first kappa shape index (κ1) is 29.4. The van der Waals surface area contributed by atoms with E-state index in [0.29, 0.717) is 18.3 Å². The van der Waals surface area contributed by atoms with Gasteiger partial charge in [0.1, 0.15) is 6.04 Å². The lowest BCUT2D eigenvalue weighted by Gasteiger charge is -2.64. The second-order valence-corrected chi connectivity index (χ2v) is 14.0. The van der Waals surface area contributed by atoms with Crippen molar-refractivity contribution in [2.75, 3.05) is 0 Å². The lowest BCUT2D eigenvalue weighted by atomic mass is 9.43. The summed E-state index contributed by atoms with van der Waals surface area (Å²) >= 11 is 0. The molecule has 4 fully saturated rings. The second kappa shape index (κ2) is 11.8. The summed E-state index contributed by atoms with van der Waals surface area (Å²) in [6.45, 7) is 9.11. The molecule has 2 bridgehead atoms. The number of rotatable bonds is 10. The zero-order chi connectivity index (χ0) is 29.5. The van der Waals surface area contributed by atoms with Gasteiger partial charge in [0.25, 0.3) is 0 Å². The van der Waals surface area contributed by atoms with Crippen LogP contribution in [0.4, 0.5) is 0 Å². The van der Waals surface area contributed by atoms with Gasteiger partial charge in [-0.05, 0) is 79.4 Å². The third kappa shape index (κ3) is 5.43. The molecular formula is C35H47BN2O4. The molecule has 7 atom stereocenters. The van der Waals surface area contributed by atoms with Crippen LogP contribution >= 0.6 is 0 Å². The quantitative estimate of drug-likeness (QED) is 0.356. The smallest absolute Gasteiger partial charge is 0.404 e. The van der Waals surface area contributed by atoms with E-state index in [0.717, 1.165) is 56.1 Å². The van der Waals surface area contributed by atoms with Crippen molar-refractivity contribution in [3.05, 3.63) is 71.3 Å². The monoisotopic (exact) mass is 570 g/mol. The number of nitrogens with one attached hydrogen (secondary N) is 2. The van der Waals surface area contributed by atoms with Crippen LogP contribution in [-0.2, 0) is 31.7 Å². The molecule has 2 aromatic carbocycles. The average Bonchev–Trinajstić information content (AvgIpc) is 3.36. The van der Waals surface area contributed by atoms with Crippen molar-refractivity contribution in [3.8, 4) is 0 Å². The van der Waals surface area contributed by atoms with Crippen LogP contribution in [0.3, 0.4) is 0 Å². The van der Waals surface area contributed by atoms with Crippen molar-refractivity contribution >= 4 is 18.9 Å². The van der Waals surface area contributed by atoms with Gasteiger partial charge in [-0.2, -0.15) is 0 Å². The molecule has 7 rings (SSSR count). The Bertz CT molecular complexity index is 1280. The highest BCUT2D eigenvalue weighted by molar-refractivity contribution is 6.47. The lowest BCUT2D eigenvalue weighted by molar-refractivity contribution is -0.199. The molecule has 2 amide bonds. The molecule has 0 aromatic heterocycles. The zero-order valence-electron chi connectivity index (χ0n) is 25.7. The fraction of sp³-hybridized carbons (Fsp3) is 0.600. The maximum Gasteiger partial charge on any atom is 0.481 e. The van der Waals surface area contributed by atoms with Crippen LogP contribution < -0.4 is 10.6 Å². The van der Waals surface area contributed by atoms with Crippen LogP contribution in [-0.4, -0.2) is 42.6 Å². The van der Waals surface area contributed by atoms with Crippen LogP contribution in [0.1, 0.15) is 95.2 Å². The third-order valence-electron chi connectivity index (χ3n) is 11.1. The summed E-state index contributed by atoms with van der Waals surface area (Å²) < 4.78 is 13.4. The van der Waals surface area contributed by atoms with E-state index in [1.165, 1.54) is 12.0 Å².